The normalized spacial score (nSPS) is 15.9. The van der Waals surface area contributed by atoms with Crippen LogP contribution in [0.3, 0.4) is 0 Å². The average molecular weight is 315 g/mol. The summed E-state index contributed by atoms with van der Waals surface area (Å²) in [5.41, 5.74) is 3.38. The standard InChI is InChI=1S/C17H25N5O/c1-13-11-21(2)20-16(13)10-19-17-4-3-15(9-18-17)22-7-5-14(12-23)6-8-22/h3-4,9,11,14,23H,5-8,10,12H2,1-2H3,(H,18,19). The first-order valence-electron chi connectivity index (χ1n) is 8.20. The third-order valence-electron chi connectivity index (χ3n) is 4.54. The predicted molar refractivity (Wildman–Crippen MR) is 91.5 cm³/mol. The van der Waals surface area contributed by atoms with Crippen molar-refractivity contribution in [2.75, 3.05) is 29.9 Å². The van der Waals surface area contributed by atoms with E-state index in [9.17, 15) is 5.11 Å². The molecule has 6 heteroatoms. The van der Waals surface area contributed by atoms with E-state index in [0.717, 1.165) is 43.1 Å². The van der Waals surface area contributed by atoms with Crippen LogP contribution in [0.2, 0.25) is 0 Å². The molecule has 2 aromatic heterocycles. The van der Waals surface area contributed by atoms with Crippen molar-refractivity contribution >= 4 is 11.5 Å². The second-order valence-electron chi connectivity index (χ2n) is 6.30. The molecule has 23 heavy (non-hydrogen) atoms. The molecule has 0 amide bonds. The van der Waals surface area contributed by atoms with Gasteiger partial charge in [-0.1, -0.05) is 0 Å². The Labute approximate surface area is 137 Å². The van der Waals surface area contributed by atoms with Crippen LogP contribution in [-0.4, -0.2) is 39.6 Å². The van der Waals surface area contributed by atoms with Gasteiger partial charge in [-0.15, -0.1) is 0 Å². The Hall–Kier alpha value is -2.08. The summed E-state index contributed by atoms with van der Waals surface area (Å²) in [4.78, 5) is 6.85. The number of nitrogens with one attached hydrogen (secondary N) is 1. The highest BCUT2D eigenvalue weighted by atomic mass is 16.3. The van der Waals surface area contributed by atoms with Crippen LogP contribution in [0.15, 0.2) is 24.5 Å². The maximum absolute atomic E-state index is 9.21. The van der Waals surface area contributed by atoms with Gasteiger partial charge in [-0.05, 0) is 43.4 Å². The number of aromatic nitrogens is 3. The number of anilines is 2. The molecule has 0 spiro atoms. The Bertz CT molecular complexity index is 629. The summed E-state index contributed by atoms with van der Waals surface area (Å²) in [5, 5.41) is 17.0. The molecule has 6 nitrogen and oxygen atoms in total. The lowest BCUT2D eigenvalue weighted by Gasteiger charge is -2.32. The van der Waals surface area contributed by atoms with Crippen LogP contribution in [0.5, 0.6) is 0 Å². The van der Waals surface area contributed by atoms with Gasteiger partial charge in [0.25, 0.3) is 0 Å². The van der Waals surface area contributed by atoms with Gasteiger partial charge in [-0.25, -0.2) is 4.98 Å². The zero-order chi connectivity index (χ0) is 16.2. The number of piperidine rings is 1. The molecule has 3 heterocycles. The first kappa shape index (κ1) is 15.8. The van der Waals surface area contributed by atoms with E-state index >= 15 is 0 Å². The van der Waals surface area contributed by atoms with Crippen LogP contribution in [0, 0.1) is 12.8 Å². The van der Waals surface area contributed by atoms with Crippen molar-refractivity contribution in [1.82, 2.24) is 14.8 Å². The van der Waals surface area contributed by atoms with Crippen molar-refractivity contribution in [3.05, 3.63) is 35.8 Å². The number of hydrogen-bond acceptors (Lipinski definition) is 5. The molecule has 0 unspecified atom stereocenters. The lowest BCUT2D eigenvalue weighted by atomic mass is 9.98. The van der Waals surface area contributed by atoms with Gasteiger partial charge in [0.1, 0.15) is 5.82 Å². The van der Waals surface area contributed by atoms with Gasteiger partial charge in [0, 0.05) is 32.9 Å². The molecule has 1 aliphatic rings. The monoisotopic (exact) mass is 315 g/mol. The van der Waals surface area contributed by atoms with Gasteiger partial charge < -0.3 is 15.3 Å². The number of aliphatic hydroxyl groups is 1. The molecule has 0 bridgehead atoms. The molecule has 1 saturated heterocycles. The summed E-state index contributed by atoms with van der Waals surface area (Å²) in [6.07, 6.45) is 6.04. The summed E-state index contributed by atoms with van der Waals surface area (Å²) in [7, 11) is 1.93. The fourth-order valence-corrected chi connectivity index (χ4v) is 3.05. The van der Waals surface area contributed by atoms with E-state index in [-0.39, 0.29) is 0 Å². The molecular weight excluding hydrogens is 290 g/mol. The van der Waals surface area contributed by atoms with E-state index in [2.05, 4.69) is 33.3 Å². The highest BCUT2D eigenvalue weighted by Crippen LogP contribution is 2.23. The first-order chi connectivity index (χ1) is 11.2. The quantitative estimate of drug-likeness (QED) is 0.883. The highest BCUT2D eigenvalue weighted by molar-refractivity contribution is 5.49. The lowest BCUT2D eigenvalue weighted by molar-refractivity contribution is 0.203. The number of rotatable bonds is 5. The number of pyridine rings is 1. The van der Waals surface area contributed by atoms with Crippen LogP contribution in [-0.2, 0) is 13.6 Å². The van der Waals surface area contributed by atoms with E-state index in [1.807, 2.05) is 30.2 Å². The maximum atomic E-state index is 9.21. The van der Waals surface area contributed by atoms with Crippen LogP contribution in [0.1, 0.15) is 24.1 Å². The minimum atomic E-state index is 0.307. The van der Waals surface area contributed by atoms with E-state index in [0.29, 0.717) is 19.1 Å². The van der Waals surface area contributed by atoms with E-state index < -0.39 is 0 Å². The highest BCUT2D eigenvalue weighted by Gasteiger charge is 2.18. The van der Waals surface area contributed by atoms with Gasteiger partial charge in [-0.2, -0.15) is 5.10 Å². The molecule has 0 aromatic carbocycles. The zero-order valence-corrected chi connectivity index (χ0v) is 13.9. The van der Waals surface area contributed by atoms with E-state index in [1.165, 1.54) is 5.56 Å². The van der Waals surface area contributed by atoms with Crippen molar-refractivity contribution in [1.29, 1.82) is 0 Å². The fourth-order valence-electron chi connectivity index (χ4n) is 3.05. The van der Waals surface area contributed by atoms with Gasteiger partial charge >= 0.3 is 0 Å². The Balaban J connectivity index is 1.56. The third-order valence-corrected chi connectivity index (χ3v) is 4.54. The second-order valence-corrected chi connectivity index (χ2v) is 6.30. The van der Waals surface area contributed by atoms with Gasteiger partial charge in [0.05, 0.1) is 24.1 Å². The van der Waals surface area contributed by atoms with Crippen molar-refractivity contribution in [2.45, 2.75) is 26.3 Å². The number of nitrogens with zero attached hydrogens (tertiary/aromatic N) is 4. The summed E-state index contributed by atoms with van der Waals surface area (Å²) in [6, 6.07) is 4.13. The minimum absolute atomic E-state index is 0.307. The van der Waals surface area contributed by atoms with Crippen LogP contribution in [0.4, 0.5) is 11.5 Å². The molecule has 1 fully saturated rings. The van der Waals surface area contributed by atoms with Crippen LogP contribution >= 0.6 is 0 Å². The molecule has 0 radical (unpaired) electrons. The topological polar surface area (TPSA) is 66.2 Å². The second kappa shape index (κ2) is 7.00. The third kappa shape index (κ3) is 3.82. The smallest absolute Gasteiger partial charge is 0.126 e. The van der Waals surface area contributed by atoms with Gasteiger partial charge in [0.2, 0.25) is 0 Å². The molecule has 2 N–H and O–H groups in total. The predicted octanol–water partition coefficient (Wildman–Crippen LogP) is 1.94. The van der Waals surface area contributed by atoms with Gasteiger partial charge in [0.15, 0.2) is 0 Å². The molecule has 0 aliphatic carbocycles. The summed E-state index contributed by atoms with van der Waals surface area (Å²) < 4.78 is 1.83. The molecule has 124 valence electrons. The maximum Gasteiger partial charge on any atom is 0.126 e. The summed E-state index contributed by atoms with van der Waals surface area (Å²) in [6.45, 7) is 5.04. The van der Waals surface area contributed by atoms with Crippen molar-refractivity contribution in [2.24, 2.45) is 13.0 Å². The zero-order valence-electron chi connectivity index (χ0n) is 13.9. The molecule has 1 aliphatic heterocycles. The molecule has 0 atom stereocenters. The Morgan fingerprint density at radius 1 is 1.30 bits per heavy atom. The summed E-state index contributed by atoms with van der Waals surface area (Å²) >= 11 is 0. The minimum Gasteiger partial charge on any atom is -0.396 e. The molecular formula is C17H25N5O. The van der Waals surface area contributed by atoms with Crippen LogP contribution in [0.25, 0.3) is 0 Å². The van der Waals surface area contributed by atoms with Crippen molar-refractivity contribution in [3.63, 3.8) is 0 Å². The Morgan fingerprint density at radius 3 is 2.65 bits per heavy atom. The van der Waals surface area contributed by atoms with Gasteiger partial charge in [-0.3, -0.25) is 4.68 Å². The fraction of sp³-hybridized carbons (Fsp3) is 0.529. The molecule has 0 saturated carbocycles. The van der Waals surface area contributed by atoms with Crippen molar-refractivity contribution < 1.29 is 5.11 Å². The Kier molecular flexibility index (Phi) is 4.81. The SMILES string of the molecule is Cc1cn(C)nc1CNc1ccc(N2CCC(CO)CC2)cn1. The average Bonchev–Trinajstić information content (AvgIpc) is 2.91. The molecule has 2 aromatic rings. The van der Waals surface area contributed by atoms with E-state index in [4.69, 9.17) is 0 Å². The molecule has 3 rings (SSSR count). The number of aliphatic hydroxyl groups excluding tert-OH is 1. The summed E-state index contributed by atoms with van der Waals surface area (Å²) in [5.74, 6) is 1.32. The van der Waals surface area contributed by atoms with Crippen molar-refractivity contribution in [3.8, 4) is 0 Å². The largest absolute Gasteiger partial charge is 0.396 e. The lowest BCUT2D eigenvalue weighted by Crippen LogP contribution is -2.34. The van der Waals surface area contributed by atoms with E-state index in [1.54, 1.807) is 0 Å². The van der Waals surface area contributed by atoms with Crippen LogP contribution < -0.4 is 10.2 Å². The number of aryl methyl sites for hydroxylation is 2. The first-order valence-corrected chi connectivity index (χ1v) is 8.20. The number of hydrogen-bond donors (Lipinski definition) is 2. The Morgan fingerprint density at radius 2 is 2.09 bits per heavy atom.